The van der Waals surface area contributed by atoms with Crippen LogP contribution in [0.2, 0.25) is 0 Å². The summed E-state index contributed by atoms with van der Waals surface area (Å²) in [6.07, 6.45) is 10.5. The van der Waals surface area contributed by atoms with Gasteiger partial charge in [-0.25, -0.2) is 4.79 Å². The van der Waals surface area contributed by atoms with Gasteiger partial charge in [0.05, 0.1) is 18.3 Å². The molecule has 2 aliphatic heterocycles. The number of esters is 2. The molecule has 0 fully saturated rings. The van der Waals surface area contributed by atoms with Crippen molar-refractivity contribution in [3.05, 3.63) is 41.9 Å². The van der Waals surface area contributed by atoms with E-state index in [-0.39, 0.29) is 35.2 Å². The van der Waals surface area contributed by atoms with Gasteiger partial charge in [-0.15, -0.1) is 0 Å². The Bertz CT molecular complexity index is 778. The molecule has 0 aromatic rings. The molecule has 1 aliphatic carbocycles. The molecule has 3 aliphatic rings. The third-order valence-corrected chi connectivity index (χ3v) is 6.19. The van der Waals surface area contributed by atoms with Gasteiger partial charge >= 0.3 is 11.9 Å². The lowest BCUT2D eigenvalue weighted by Crippen LogP contribution is -2.42. The van der Waals surface area contributed by atoms with Crippen LogP contribution in [0.3, 0.4) is 0 Å². The highest BCUT2D eigenvalue weighted by atomic mass is 16.6. The Balaban J connectivity index is 2.17. The monoisotopic (exact) mass is 402 g/mol. The molecule has 6 atom stereocenters. The second kappa shape index (κ2) is 7.73. The minimum absolute atomic E-state index is 0.0330. The maximum atomic E-state index is 12.6. The zero-order valence-corrected chi connectivity index (χ0v) is 17.9. The Hall–Kier alpha value is -1.92. The highest BCUT2D eigenvalue weighted by molar-refractivity contribution is 5.91. The molecule has 29 heavy (non-hydrogen) atoms. The predicted octanol–water partition coefficient (Wildman–Crippen LogP) is 3.00. The van der Waals surface area contributed by atoms with E-state index in [4.69, 9.17) is 14.2 Å². The van der Waals surface area contributed by atoms with Crippen molar-refractivity contribution in [3.63, 3.8) is 0 Å². The SMILES string of the molecule is COC(=O)/C1=C/[C@@H]2[C@H](C(C)C)[C@@H](OC(C)=O)C=C(C)[C@H]2C[C][C@]2(C)C=C[C@]1(O)O2. The molecule has 0 amide bonds. The molecule has 2 heterocycles. The third kappa shape index (κ3) is 4.05. The second-order valence-corrected chi connectivity index (χ2v) is 8.68. The van der Waals surface area contributed by atoms with Crippen LogP contribution in [0.15, 0.2) is 35.5 Å². The van der Waals surface area contributed by atoms with Gasteiger partial charge in [-0.05, 0) is 50.2 Å². The number of carbonyl (C=O) groups is 2. The van der Waals surface area contributed by atoms with Crippen molar-refractivity contribution in [2.24, 2.45) is 23.7 Å². The summed E-state index contributed by atoms with van der Waals surface area (Å²) in [6, 6.07) is 0. The minimum atomic E-state index is -1.89. The average molecular weight is 402 g/mol. The van der Waals surface area contributed by atoms with E-state index < -0.39 is 23.5 Å². The first-order chi connectivity index (χ1) is 13.5. The fraction of sp³-hybridized carbons (Fsp3) is 0.609. The molecule has 2 radical (unpaired) electrons. The van der Waals surface area contributed by atoms with Gasteiger partial charge in [-0.3, -0.25) is 4.79 Å². The van der Waals surface area contributed by atoms with Crippen molar-refractivity contribution in [1.82, 2.24) is 0 Å². The molecule has 0 unspecified atom stereocenters. The zero-order valence-electron chi connectivity index (χ0n) is 17.9. The van der Waals surface area contributed by atoms with Crippen molar-refractivity contribution >= 4 is 11.9 Å². The van der Waals surface area contributed by atoms with Crippen LogP contribution in [0, 0.1) is 30.1 Å². The Kier molecular flexibility index (Phi) is 5.80. The van der Waals surface area contributed by atoms with Gasteiger partial charge in [0.25, 0.3) is 0 Å². The summed E-state index contributed by atoms with van der Waals surface area (Å²) in [5.41, 5.74) is 0.181. The van der Waals surface area contributed by atoms with E-state index in [9.17, 15) is 14.7 Å². The molecule has 0 saturated heterocycles. The van der Waals surface area contributed by atoms with Crippen molar-refractivity contribution in [1.29, 1.82) is 0 Å². The molecule has 6 nitrogen and oxygen atoms in total. The van der Waals surface area contributed by atoms with E-state index in [1.807, 2.05) is 13.0 Å². The highest BCUT2D eigenvalue weighted by Gasteiger charge is 2.50. The molecule has 0 saturated carbocycles. The Morgan fingerprint density at radius 2 is 2.00 bits per heavy atom. The number of aliphatic hydroxyl groups is 1. The third-order valence-electron chi connectivity index (χ3n) is 6.19. The minimum Gasteiger partial charge on any atom is -0.466 e. The van der Waals surface area contributed by atoms with Crippen LogP contribution in [0.5, 0.6) is 0 Å². The smallest absolute Gasteiger partial charge is 0.339 e. The highest BCUT2D eigenvalue weighted by Crippen LogP contribution is 2.48. The van der Waals surface area contributed by atoms with E-state index in [0.717, 1.165) is 5.57 Å². The Labute approximate surface area is 172 Å². The molecule has 1 N–H and O–H groups in total. The number of methoxy groups -OCH3 is 1. The van der Waals surface area contributed by atoms with Crippen LogP contribution in [0.25, 0.3) is 0 Å². The summed E-state index contributed by atoms with van der Waals surface area (Å²) >= 11 is 0. The first-order valence-electron chi connectivity index (χ1n) is 10.0. The van der Waals surface area contributed by atoms with E-state index in [1.54, 1.807) is 19.1 Å². The second-order valence-electron chi connectivity index (χ2n) is 8.68. The van der Waals surface area contributed by atoms with Crippen molar-refractivity contribution in [2.45, 2.75) is 58.5 Å². The Morgan fingerprint density at radius 3 is 2.59 bits per heavy atom. The molecule has 3 rings (SSSR count). The van der Waals surface area contributed by atoms with Crippen LogP contribution in [-0.2, 0) is 23.8 Å². The van der Waals surface area contributed by atoms with Gasteiger partial charge in [-0.1, -0.05) is 31.6 Å². The fourth-order valence-electron chi connectivity index (χ4n) is 4.79. The number of fused-ring (bicyclic) bond motifs is 3. The first-order valence-corrected chi connectivity index (χ1v) is 10.0. The van der Waals surface area contributed by atoms with Gasteiger partial charge in [0.1, 0.15) is 6.10 Å². The molecule has 2 bridgehead atoms. The van der Waals surface area contributed by atoms with Crippen molar-refractivity contribution in [3.8, 4) is 0 Å². The number of allylic oxidation sites excluding steroid dienone is 2. The van der Waals surface area contributed by atoms with Crippen LogP contribution < -0.4 is 0 Å². The number of rotatable bonds is 3. The maximum Gasteiger partial charge on any atom is 0.339 e. The number of hydrogen-bond donors (Lipinski definition) is 1. The topological polar surface area (TPSA) is 82.1 Å². The molecule has 0 spiro atoms. The van der Waals surface area contributed by atoms with Crippen molar-refractivity contribution in [2.75, 3.05) is 7.11 Å². The van der Waals surface area contributed by atoms with Gasteiger partial charge in [0.2, 0.25) is 5.79 Å². The van der Waals surface area contributed by atoms with E-state index in [1.165, 1.54) is 20.1 Å². The van der Waals surface area contributed by atoms with Gasteiger partial charge in [0.15, 0.2) is 0 Å². The summed E-state index contributed by atoms with van der Waals surface area (Å²) in [5, 5.41) is 11.2. The molecule has 0 aromatic carbocycles. The number of ether oxygens (including phenoxy) is 3. The van der Waals surface area contributed by atoms with Crippen molar-refractivity contribution < 1.29 is 28.9 Å². The lowest BCUT2D eigenvalue weighted by atomic mass is 9.64. The normalized spacial score (nSPS) is 40.7. The van der Waals surface area contributed by atoms with E-state index >= 15 is 0 Å². The molecular weight excluding hydrogens is 372 g/mol. The molecule has 6 heteroatoms. The van der Waals surface area contributed by atoms with E-state index in [0.29, 0.717) is 6.42 Å². The molecular formula is C23H30O6. The predicted molar refractivity (Wildman–Crippen MR) is 106 cm³/mol. The van der Waals surface area contributed by atoms with E-state index in [2.05, 4.69) is 20.3 Å². The first kappa shape index (κ1) is 21.8. The lowest BCUT2D eigenvalue weighted by molar-refractivity contribution is -0.177. The number of hydrogen-bond acceptors (Lipinski definition) is 6. The van der Waals surface area contributed by atoms with Crippen LogP contribution in [-0.4, -0.2) is 41.6 Å². The Morgan fingerprint density at radius 1 is 1.31 bits per heavy atom. The summed E-state index contributed by atoms with van der Waals surface area (Å²) in [6.45, 7) is 9.34. The van der Waals surface area contributed by atoms with Gasteiger partial charge in [0, 0.05) is 19.3 Å². The van der Waals surface area contributed by atoms with Crippen LogP contribution >= 0.6 is 0 Å². The standard InChI is InChI=1S/C23H30O6/c1-13(2)20-17-12-18(21(25)27-6)23(26)10-9-22(5,29-23)8-7-16(17)14(3)11-19(20)28-15(4)24/h9-13,16-17,19-20,26H,7H2,1-6H3/b18-12-/t16-,17+,19+,20+,22-,23+/m1/s1. The van der Waals surface area contributed by atoms with Crippen LogP contribution in [0.1, 0.15) is 41.0 Å². The fourth-order valence-corrected chi connectivity index (χ4v) is 4.79. The summed E-state index contributed by atoms with van der Waals surface area (Å²) in [5.74, 6) is -2.95. The molecule has 158 valence electrons. The van der Waals surface area contributed by atoms with Gasteiger partial charge in [-0.2, -0.15) is 0 Å². The zero-order chi connectivity index (χ0) is 21.6. The lowest BCUT2D eigenvalue weighted by Gasteiger charge is -2.43. The number of carbonyl (C=O) groups excluding carboxylic acids is 2. The quantitative estimate of drug-likeness (QED) is 0.577. The summed E-state index contributed by atoms with van der Waals surface area (Å²) in [7, 11) is 1.28. The molecule has 0 aromatic heterocycles. The average Bonchev–Trinajstić information content (AvgIpc) is 2.94. The summed E-state index contributed by atoms with van der Waals surface area (Å²) in [4.78, 5) is 24.4. The maximum absolute atomic E-state index is 12.6. The summed E-state index contributed by atoms with van der Waals surface area (Å²) < 4.78 is 16.5. The largest absolute Gasteiger partial charge is 0.466 e. The van der Waals surface area contributed by atoms with Gasteiger partial charge < -0.3 is 19.3 Å². The van der Waals surface area contributed by atoms with Crippen LogP contribution in [0.4, 0.5) is 0 Å².